The predicted octanol–water partition coefficient (Wildman–Crippen LogP) is 4.93. The highest BCUT2D eigenvalue weighted by atomic mass is 35.5. The molecule has 35 heavy (non-hydrogen) atoms. The fourth-order valence-electron chi connectivity index (χ4n) is 3.95. The molecular formula is C27H32ClN5OS. The highest BCUT2D eigenvalue weighted by Crippen LogP contribution is 2.25. The number of aromatic nitrogens is 2. The van der Waals surface area contributed by atoms with Crippen molar-refractivity contribution >= 4 is 35.1 Å². The molecule has 0 saturated carbocycles. The van der Waals surface area contributed by atoms with Gasteiger partial charge in [0, 0.05) is 49.6 Å². The Bertz CT molecular complexity index is 1100. The minimum atomic E-state index is -0.0419. The number of hydrogen-bond acceptors (Lipinski definition) is 6. The summed E-state index contributed by atoms with van der Waals surface area (Å²) in [6.07, 6.45) is 1.85. The van der Waals surface area contributed by atoms with Crippen LogP contribution < -0.4 is 10.2 Å². The summed E-state index contributed by atoms with van der Waals surface area (Å²) < 4.78 is 0. The van der Waals surface area contributed by atoms with Crippen molar-refractivity contribution < 1.29 is 4.79 Å². The number of aryl methyl sites for hydroxylation is 1. The first-order valence-electron chi connectivity index (χ1n) is 12.0. The number of likely N-dealkylation sites (N-methyl/N-ethyl adjacent to an activating group) is 1. The van der Waals surface area contributed by atoms with Gasteiger partial charge in [-0.1, -0.05) is 65.8 Å². The fraction of sp³-hybridized carbons (Fsp3) is 0.370. The summed E-state index contributed by atoms with van der Waals surface area (Å²) in [4.78, 5) is 26.3. The summed E-state index contributed by atoms with van der Waals surface area (Å²) in [5.41, 5.74) is 3.06. The molecule has 1 unspecified atom stereocenters. The van der Waals surface area contributed by atoms with Crippen LogP contribution in [0, 0.1) is 0 Å². The Balaban J connectivity index is 1.28. The second kappa shape index (κ2) is 12.4. The van der Waals surface area contributed by atoms with E-state index in [9.17, 15) is 4.79 Å². The van der Waals surface area contributed by atoms with Crippen molar-refractivity contribution in [2.75, 3.05) is 38.1 Å². The number of halogens is 1. The molecule has 4 rings (SSSR count). The normalized spacial score (nSPS) is 15.1. The molecule has 1 aromatic heterocycles. The molecule has 0 aliphatic carbocycles. The molecule has 2 heterocycles. The molecular weight excluding hydrogens is 478 g/mol. The summed E-state index contributed by atoms with van der Waals surface area (Å²) >= 11 is 7.84. The van der Waals surface area contributed by atoms with Gasteiger partial charge >= 0.3 is 0 Å². The summed E-state index contributed by atoms with van der Waals surface area (Å²) in [6, 6.07) is 20.0. The first kappa shape index (κ1) is 25.5. The topological polar surface area (TPSA) is 61.4 Å². The Morgan fingerprint density at radius 2 is 1.74 bits per heavy atom. The smallest absolute Gasteiger partial charge is 0.251 e. The van der Waals surface area contributed by atoms with Gasteiger partial charge in [-0.2, -0.15) is 0 Å². The van der Waals surface area contributed by atoms with Crippen LogP contribution in [0.2, 0.25) is 5.15 Å². The van der Waals surface area contributed by atoms with Gasteiger partial charge in [0.2, 0.25) is 0 Å². The zero-order valence-corrected chi connectivity index (χ0v) is 21.9. The lowest BCUT2D eigenvalue weighted by atomic mass is 10.1. The van der Waals surface area contributed by atoms with E-state index in [2.05, 4.69) is 39.3 Å². The van der Waals surface area contributed by atoms with Crippen LogP contribution in [0.1, 0.15) is 34.8 Å². The van der Waals surface area contributed by atoms with Gasteiger partial charge in [0.1, 0.15) is 11.0 Å². The van der Waals surface area contributed by atoms with Crippen molar-refractivity contribution in [3.8, 4) is 0 Å². The molecule has 6 nitrogen and oxygen atoms in total. The highest BCUT2D eigenvalue weighted by Gasteiger charge is 2.17. The van der Waals surface area contributed by atoms with Crippen molar-refractivity contribution in [1.29, 1.82) is 0 Å². The van der Waals surface area contributed by atoms with Crippen LogP contribution in [-0.4, -0.2) is 60.0 Å². The van der Waals surface area contributed by atoms with Gasteiger partial charge < -0.3 is 15.1 Å². The molecule has 1 saturated heterocycles. The third-order valence-electron chi connectivity index (χ3n) is 6.16. The Morgan fingerprint density at radius 3 is 2.46 bits per heavy atom. The van der Waals surface area contributed by atoms with E-state index in [1.807, 2.05) is 55.5 Å². The maximum Gasteiger partial charge on any atom is 0.251 e. The number of thioether (sulfide) groups is 1. The minimum absolute atomic E-state index is 0.0419. The lowest BCUT2D eigenvalue weighted by molar-refractivity contribution is 0.0938. The second-order valence-corrected chi connectivity index (χ2v) is 10.3. The number of rotatable bonds is 9. The van der Waals surface area contributed by atoms with Crippen LogP contribution >= 0.6 is 23.4 Å². The van der Waals surface area contributed by atoms with E-state index in [0.29, 0.717) is 21.6 Å². The third-order valence-corrected chi connectivity index (χ3v) is 7.27. The number of nitrogens with zero attached hydrogens (tertiary/aromatic N) is 4. The number of anilines is 1. The molecule has 1 aliphatic heterocycles. The Hall–Kier alpha value is -2.61. The maximum absolute atomic E-state index is 12.6. The summed E-state index contributed by atoms with van der Waals surface area (Å²) in [6.45, 7) is 5.93. The third kappa shape index (κ3) is 7.69. The average molecular weight is 510 g/mol. The van der Waals surface area contributed by atoms with E-state index < -0.39 is 0 Å². The van der Waals surface area contributed by atoms with Gasteiger partial charge in [-0.3, -0.25) is 4.79 Å². The van der Waals surface area contributed by atoms with Crippen molar-refractivity contribution in [3.05, 3.63) is 82.5 Å². The van der Waals surface area contributed by atoms with Crippen LogP contribution in [0.5, 0.6) is 0 Å². The molecule has 1 N–H and O–H groups in total. The molecule has 1 fully saturated rings. The van der Waals surface area contributed by atoms with Crippen LogP contribution in [-0.2, 0) is 12.2 Å². The second-order valence-electron chi connectivity index (χ2n) is 9.01. The molecule has 1 aliphatic rings. The SMILES string of the molecule is CC(CCc1ccccc1)NC(=O)c1ccc(CSc2nc(Cl)cc(N3CCN(C)CC3)n2)cc1. The Kier molecular flexibility index (Phi) is 9.01. The zero-order valence-electron chi connectivity index (χ0n) is 20.3. The predicted molar refractivity (Wildman–Crippen MR) is 144 cm³/mol. The summed E-state index contributed by atoms with van der Waals surface area (Å²) in [5.74, 6) is 1.55. The Labute approximate surface area is 217 Å². The largest absolute Gasteiger partial charge is 0.354 e. The number of carbonyl (C=O) groups excluding carboxylic acids is 1. The standard InChI is InChI=1S/C27H32ClN5OS/c1-20(8-9-21-6-4-3-5-7-21)29-26(34)23-12-10-22(11-13-23)19-35-27-30-24(28)18-25(31-27)33-16-14-32(2)15-17-33/h3-7,10-13,18,20H,8-9,14-17,19H2,1-2H3,(H,29,34). The Morgan fingerprint density at radius 1 is 1.03 bits per heavy atom. The first-order valence-corrected chi connectivity index (χ1v) is 13.4. The van der Waals surface area contributed by atoms with Crippen molar-refractivity contribution in [2.24, 2.45) is 0 Å². The van der Waals surface area contributed by atoms with Crippen molar-refractivity contribution in [2.45, 2.75) is 36.7 Å². The fourth-order valence-corrected chi connectivity index (χ4v) is 4.99. The summed E-state index contributed by atoms with van der Waals surface area (Å²) in [5, 5.41) is 4.23. The molecule has 0 bridgehead atoms. The highest BCUT2D eigenvalue weighted by molar-refractivity contribution is 7.98. The monoisotopic (exact) mass is 509 g/mol. The van der Waals surface area contributed by atoms with Crippen LogP contribution in [0.25, 0.3) is 0 Å². The lowest BCUT2D eigenvalue weighted by Crippen LogP contribution is -2.44. The van der Waals surface area contributed by atoms with Crippen LogP contribution in [0.15, 0.2) is 65.8 Å². The van der Waals surface area contributed by atoms with E-state index >= 15 is 0 Å². The molecule has 0 radical (unpaired) electrons. The lowest BCUT2D eigenvalue weighted by Gasteiger charge is -2.33. The number of benzene rings is 2. The van der Waals surface area contributed by atoms with Gasteiger partial charge in [-0.15, -0.1) is 0 Å². The molecule has 3 aromatic rings. The average Bonchev–Trinajstić information content (AvgIpc) is 2.87. The van der Waals surface area contributed by atoms with Crippen LogP contribution in [0.3, 0.4) is 0 Å². The molecule has 184 valence electrons. The molecule has 1 atom stereocenters. The van der Waals surface area contributed by atoms with E-state index in [0.717, 1.165) is 50.4 Å². The maximum atomic E-state index is 12.6. The van der Waals surface area contributed by atoms with Gasteiger partial charge in [0.25, 0.3) is 5.91 Å². The molecule has 0 spiro atoms. The molecule has 2 aromatic carbocycles. The van der Waals surface area contributed by atoms with Crippen molar-refractivity contribution in [1.82, 2.24) is 20.2 Å². The molecule has 8 heteroatoms. The van der Waals surface area contributed by atoms with E-state index in [1.165, 1.54) is 5.56 Å². The first-order chi connectivity index (χ1) is 17.0. The van der Waals surface area contributed by atoms with Gasteiger partial charge in [0.15, 0.2) is 5.16 Å². The number of hydrogen-bond donors (Lipinski definition) is 1. The van der Waals surface area contributed by atoms with E-state index in [4.69, 9.17) is 16.6 Å². The van der Waals surface area contributed by atoms with E-state index in [1.54, 1.807) is 11.8 Å². The van der Waals surface area contributed by atoms with Gasteiger partial charge in [-0.25, -0.2) is 9.97 Å². The molecule has 1 amide bonds. The number of carbonyl (C=O) groups is 1. The minimum Gasteiger partial charge on any atom is -0.354 e. The van der Waals surface area contributed by atoms with Gasteiger partial charge in [-0.05, 0) is 50.1 Å². The van der Waals surface area contributed by atoms with Gasteiger partial charge in [0.05, 0.1) is 0 Å². The van der Waals surface area contributed by atoms with Crippen LogP contribution in [0.4, 0.5) is 5.82 Å². The number of amides is 1. The number of piperazine rings is 1. The number of nitrogens with one attached hydrogen (secondary N) is 1. The quantitative estimate of drug-likeness (QED) is 0.251. The zero-order chi connectivity index (χ0) is 24.6. The van der Waals surface area contributed by atoms with E-state index in [-0.39, 0.29) is 11.9 Å². The summed E-state index contributed by atoms with van der Waals surface area (Å²) in [7, 11) is 2.13. The van der Waals surface area contributed by atoms with Crippen molar-refractivity contribution in [3.63, 3.8) is 0 Å².